The number of H-pyrrole nitrogens is 1. The first-order valence-corrected chi connectivity index (χ1v) is 9.95. The van der Waals surface area contributed by atoms with Crippen LogP contribution in [-0.4, -0.2) is 26.8 Å². The Morgan fingerprint density at radius 1 is 1.03 bits per heavy atom. The van der Waals surface area contributed by atoms with Crippen molar-refractivity contribution in [1.29, 1.82) is 0 Å². The van der Waals surface area contributed by atoms with Gasteiger partial charge in [-0.2, -0.15) is 4.98 Å². The van der Waals surface area contributed by atoms with E-state index in [9.17, 15) is 9.59 Å². The second-order valence-corrected chi connectivity index (χ2v) is 7.34. The summed E-state index contributed by atoms with van der Waals surface area (Å²) in [6, 6.07) is 18.8. The highest BCUT2D eigenvalue weighted by Crippen LogP contribution is 2.28. The van der Waals surface area contributed by atoms with Crippen LogP contribution in [-0.2, 0) is 0 Å². The summed E-state index contributed by atoms with van der Waals surface area (Å²) in [5.41, 5.74) is 0.926. The number of nitrogens with zero attached hydrogens (tertiary/aromatic N) is 3. The molecule has 0 radical (unpaired) electrons. The lowest BCUT2D eigenvalue weighted by Crippen LogP contribution is -2.33. The number of nitrogens with one attached hydrogen (secondary N) is 1. The van der Waals surface area contributed by atoms with Crippen LogP contribution >= 0.6 is 11.6 Å². The molecule has 5 rings (SSSR count). The summed E-state index contributed by atoms with van der Waals surface area (Å²) in [6.45, 7) is 0. The largest absolute Gasteiger partial charge is 0.497 e. The second kappa shape index (κ2) is 7.82. The van der Waals surface area contributed by atoms with Crippen molar-refractivity contribution in [3.63, 3.8) is 0 Å². The zero-order valence-corrected chi connectivity index (χ0v) is 17.5. The maximum atomic E-state index is 13.1. The fourth-order valence-electron chi connectivity index (χ4n) is 3.43. The van der Waals surface area contributed by atoms with Gasteiger partial charge in [-0.25, -0.2) is 9.36 Å². The molecular formula is C23H15ClN4O4. The zero-order chi connectivity index (χ0) is 22.2. The fraction of sp³-hybridized carbons (Fsp3) is 0.0435. The third kappa shape index (κ3) is 3.36. The van der Waals surface area contributed by atoms with Gasteiger partial charge in [0.2, 0.25) is 5.82 Å². The molecule has 158 valence electrons. The molecule has 5 aromatic rings. The van der Waals surface area contributed by atoms with Crippen LogP contribution in [0.25, 0.3) is 39.4 Å². The molecule has 0 amide bonds. The Balaban J connectivity index is 1.60. The van der Waals surface area contributed by atoms with E-state index in [0.29, 0.717) is 44.3 Å². The van der Waals surface area contributed by atoms with E-state index in [4.69, 9.17) is 20.9 Å². The van der Waals surface area contributed by atoms with E-state index in [1.54, 1.807) is 54.6 Å². The number of halogens is 1. The van der Waals surface area contributed by atoms with Gasteiger partial charge < -0.3 is 14.2 Å². The van der Waals surface area contributed by atoms with Gasteiger partial charge in [0.25, 0.3) is 11.4 Å². The number of rotatable bonds is 4. The van der Waals surface area contributed by atoms with Crippen molar-refractivity contribution in [2.45, 2.75) is 0 Å². The maximum Gasteiger partial charge on any atom is 0.333 e. The van der Waals surface area contributed by atoms with Crippen LogP contribution in [0.5, 0.6) is 5.75 Å². The quantitative estimate of drug-likeness (QED) is 0.446. The van der Waals surface area contributed by atoms with Gasteiger partial charge in [-0.15, -0.1) is 0 Å². The molecule has 3 aromatic carbocycles. The molecule has 2 aromatic heterocycles. The van der Waals surface area contributed by atoms with Gasteiger partial charge in [-0.3, -0.25) is 4.79 Å². The number of benzene rings is 3. The summed E-state index contributed by atoms with van der Waals surface area (Å²) in [5, 5.41) is 4.82. The molecule has 2 heterocycles. The second-order valence-electron chi connectivity index (χ2n) is 6.94. The highest BCUT2D eigenvalue weighted by Gasteiger charge is 2.15. The van der Waals surface area contributed by atoms with Crippen LogP contribution in [0.1, 0.15) is 0 Å². The Morgan fingerprint density at radius 3 is 2.69 bits per heavy atom. The van der Waals surface area contributed by atoms with Crippen molar-refractivity contribution in [3.05, 3.63) is 92.6 Å². The molecule has 0 aliphatic carbocycles. The highest BCUT2D eigenvalue weighted by atomic mass is 35.5. The van der Waals surface area contributed by atoms with Gasteiger partial charge in [-0.05, 0) is 42.5 Å². The lowest BCUT2D eigenvalue weighted by molar-refractivity contribution is 0.414. The van der Waals surface area contributed by atoms with Crippen molar-refractivity contribution in [2.24, 2.45) is 0 Å². The van der Waals surface area contributed by atoms with Gasteiger partial charge in [0.15, 0.2) is 0 Å². The SMILES string of the molecule is COc1cccc(-n2c(=O)[nH]c3cc(-c4nc(-c5ccccc5Cl)no4)ccc3c2=O)c1. The van der Waals surface area contributed by atoms with Crippen molar-refractivity contribution < 1.29 is 9.26 Å². The number of methoxy groups -OCH3 is 1. The van der Waals surface area contributed by atoms with E-state index in [1.807, 2.05) is 12.1 Å². The molecule has 0 spiro atoms. The molecule has 0 saturated carbocycles. The number of fused-ring (bicyclic) bond motifs is 1. The summed E-state index contributed by atoms with van der Waals surface area (Å²) < 4.78 is 11.6. The predicted octanol–water partition coefficient (Wildman–Crippen LogP) is 4.06. The summed E-state index contributed by atoms with van der Waals surface area (Å²) in [4.78, 5) is 32.9. The molecule has 0 atom stereocenters. The number of ether oxygens (including phenoxy) is 1. The van der Waals surface area contributed by atoms with Crippen LogP contribution in [0.15, 0.2) is 80.8 Å². The lowest BCUT2D eigenvalue weighted by atomic mass is 10.1. The van der Waals surface area contributed by atoms with E-state index in [-0.39, 0.29) is 5.89 Å². The van der Waals surface area contributed by atoms with E-state index in [2.05, 4.69) is 15.1 Å². The minimum atomic E-state index is -0.574. The van der Waals surface area contributed by atoms with Gasteiger partial charge in [0, 0.05) is 17.2 Å². The molecule has 0 aliphatic rings. The summed E-state index contributed by atoms with van der Waals surface area (Å²) in [5.74, 6) is 1.11. The molecular weight excluding hydrogens is 432 g/mol. The Bertz CT molecular complexity index is 1590. The lowest BCUT2D eigenvalue weighted by Gasteiger charge is -2.08. The van der Waals surface area contributed by atoms with Crippen LogP contribution < -0.4 is 16.0 Å². The van der Waals surface area contributed by atoms with Gasteiger partial charge in [0.05, 0.1) is 28.7 Å². The molecule has 8 nitrogen and oxygen atoms in total. The van der Waals surface area contributed by atoms with E-state index < -0.39 is 11.2 Å². The maximum absolute atomic E-state index is 13.1. The summed E-state index contributed by atoms with van der Waals surface area (Å²) in [7, 11) is 1.52. The number of aromatic nitrogens is 4. The average Bonchev–Trinajstić information content (AvgIpc) is 3.29. The molecule has 0 unspecified atom stereocenters. The monoisotopic (exact) mass is 446 g/mol. The molecule has 32 heavy (non-hydrogen) atoms. The Labute approximate surface area is 185 Å². The Morgan fingerprint density at radius 2 is 1.88 bits per heavy atom. The third-order valence-corrected chi connectivity index (χ3v) is 5.33. The first-order chi connectivity index (χ1) is 15.5. The minimum Gasteiger partial charge on any atom is -0.497 e. The highest BCUT2D eigenvalue weighted by molar-refractivity contribution is 6.33. The molecule has 0 bridgehead atoms. The Hall–Kier alpha value is -4.17. The van der Waals surface area contributed by atoms with Crippen molar-refractivity contribution in [1.82, 2.24) is 19.7 Å². The van der Waals surface area contributed by atoms with Gasteiger partial charge in [0.1, 0.15) is 5.75 Å². The zero-order valence-electron chi connectivity index (χ0n) is 16.7. The number of hydrogen-bond donors (Lipinski definition) is 1. The summed E-state index contributed by atoms with van der Waals surface area (Å²) >= 11 is 6.21. The van der Waals surface area contributed by atoms with Crippen LogP contribution in [0.2, 0.25) is 5.02 Å². The molecule has 0 aliphatic heterocycles. The van der Waals surface area contributed by atoms with Crippen molar-refractivity contribution >= 4 is 22.5 Å². The van der Waals surface area contributed by atoms with Crippen molar-refractivity contribution in [2.75, 3.05) is 7.11 Å². The topological polar surface area (TPSA) is 103 Å². The van der Waals surface area contributed by atoms with E-state index in [0.717, 1.165) is 4.57 Å². The van der Waals surface area contributed by atoms with E-state index in [1.165, 1.54) is 7.11 Å². The molecule has 0 fully saturated rings. The normalized spacial score (nSPS) is 11.1. The van der Waals surface area contributed by atoms with Crippen LogP contribution in [0.4, 0.5) is 0 Å². The Kier molecular flexibility index (Phi) is 4.84. The third-order valence-electron chi connectivity index (χ3n) is 5.00. The molecule has 9 heteroatoms. The molecule has 1 N–H and O–H groups in total. The van der Waals surface area contributed by atoms with Crippen LogP contribution in [0, 0.1) is 0 Å². The van der Waals surface area contributed by atoms with Crippen LogP contribution in [0.3, 0.4) is 0 Å². The predicted molar refractivity (Wildman–Crippen MR) is 120 cm³/mol. The van der Waals surface area contributed by atoms with Crippen molar-refractivity contribution in [3.8, 4) is 34.3 Å². The van der Waals surface area contributed by atoms with Gasteiger partial charge >= 0.3 is 5.69 Å². The van der Waals surface area contributed by atoms with Gasteiger partial charge in [-0.1, -0.05) is 35.0 Å². The fourth-order valence-corrected chi connectivity index (χ4v) is 3.65. The van der Waals surface area contributed by atoms with E-state index >= 15 is 0 Å². The minimum absolute atomic E-state index is 0.236. The smallest absolute Gasteiger partial charge is 0.333 e. The summed E-state index contributed by atoms with van der Waals surface area (Å²) in [6.07, 6.45) is 0. The molecule has 0 saturated heterocycles. The average molecular weight is 447 g/mol. The number of aromatic amines is 1. The number of hydrogen-bond acceptors (Lipinski definition) is 6. The first-order valence-electron chi connectivity index (χ1n) is 9.57. The first kappa shape index (κ1) is 19.8. The standard InChI is InChI=1S/C23H15ClN4O4/c1-31-15-6-4-5-14(12-15)28-22(29)17-10-9-13(11-19(17)25-23(28)30)21-26-20(27-32-21)16-7-2-3-8-18(16)24/h2-12H,1H3,(H,25,30).